The molecule has 3 nitrogen and oxygen atoms in total. The Morgan fingerprint density at radius 2 is 2.15 bits per heavy atom. The summed E-state index contributed by atoms with van der Waals surface area (Å²) in [6.45, 7) is 6.68. The summed E-state index contributed by atoms with van der Waals surface area (Å²) in [5.74, 6) is 0.611. The Kier molecular flexibility index (Phi) is 4.86. The highest BCUT2D eigenvalue weighted by Crippen LogP contribution is 2.36. The molecule has 1 heterocycles. The molecule has 1 atom stereocenters. The number of benzene rings is 1. The lowest BCUT2D eigenvalue weighted by atomic mass is 9.75. The standard InChI is InChI=1S/C16H23BrN2O/c1-12(2)16(8-9-18-11-16)15(20)19(3)10-13-6-4-5-7-14(13)17/h4-7,12,18H,8-11H2,1-3H3. The summed E-state index contributed by atoms with van der Waals surface area (Å²) in [4.78, 5) is 14.8. The van der Waals surface area contributed by atoms with Gasteiger partial charge in [-0.05, 0) is 30.5 Å². The summed E-state index contributed by atoms with van der Waals surface area (Å²) in [5, 5.41) is 3.35. The summed E-state index contributed by atoms with van der Waals surface area (Å²) < 4.78 is 1.06. The van der Waals surface area contributed by atoms with Crippen molar-refractivity contribution in [2.75, 3.05) is 20.1 Å². The molecule has 1 N–H and O–H groups in total. The Morgan fingerprint density at radius 3 is 2.70 bits per heavy atom. The van der Waals surface area contributed by atoms with Gasteiger partial charge in [0.05, 0.1) is 5.41 Å². The van der Waals surface area contributed by atoms with Gasteiger partial charge in [0.15, 0.2) is 0 Å². The van der Waals surface area contributed by atoms with Crippen LogP contribution in [0.15, 0.2) is 28.7 Å². The van der Waals surface area contributed by atoms with Crippen LogP contribution in [0, 0.1) is 11.3 Å². The van der Waals surface area contributed by atoms with E-state index in [0.717, 1.165) is 29.5 Å². The molecule has 1 unspecified atom stereocenters. The first-order chi connectivity index (χ1) is 9.47. The van der Waals surface area contributed by atoms with Gasteiger partial charge in [0.2, 0.25) is 5.91 Å². The Morgan fingerprint density at radius 1 is 1.45 bits per heavy atom. The number of hydrogen-bond donors (Lipinski definition) is 1. The SMILES string of the molecule is CC(C)C1(C(=O)N(C)Cc2ccccc2Br)CCNC1. The maximum Gasteiger partial charge on any atom is 0.230 e. The number of amides is 1. The molecule has 0 aromatic heterocycles. The second kappa shape index (κ2) is 6.27. The van der Waals surface area contributed by atoms with Gasteiger partial charge in [-0.3, -0.25) is 4.79 Å². The Hall–Kier alpha value is -0.870. The van der Waals surface area contributed by atoms with Crippen LogP contribution in [-0.2, 0) is 11.3 Å². The molecule has 1 saturated heterocycles. The Labute approximate surface area is 129 Å². The number of carbonyl (C=O) groups is 1. The van der Waals surface area contributed by atoms with Crippen molar-refractivity contribution in [1.29, 1.82) is 0 Å². The zero-order valence-electron chi connectivity index (χ0n) is 12.4. The normalized spacial score (nSPS) is 22.2. The maximum absolute atomic E-state index is 12.9. The summed E-state index contributed by atoms with van der Waals surface area (Å²) in [7, 11) is 1.91. The van der Waals surface area contributed by atoms with Gasteiger partial charge >= 0.3 is 0 Å². The van der Waals surface area contributed by atoms with Crippen LogP contribution in [0.4, 0.5) is 0 Å². The largest absolute Gasteiger partial charge is 0.341 e. The molecule has 1 aromatic carbocycles. The molecule has 1 aliphatic rings. The van der Waals surface area contributed by atoms with Crippen molar-refractivity contribution in [3.63, 3.8) is 0 Å². The molecule has 2 rings (SSSR count). The topological polar surface area (TPSA) is 32.3 Å². The highest BCUT2D eigenvalue weighted by Gasteiger charge is 2.45. The van der Waals surface area contributed by atoms with E-state index in [0.29, 0.717) is 12.5 Å². The molecule has 20 heavy (non-hydrogen) atoms. The van der Waals surface area contributed by atoms with E-state index in [9.17, 15) is 4.79 Å². The highest BCUT2D eigenvalue weighted by molar-refractivity contribution is 9.10. The first kappa shape index (κ1) is 15.5. The van der Waals surface area contributed by atoms with Gasteiger partial charge in [0.1, 0.15) is 0 Å². The first-order valence-corrected chi connectivity index (χ1v) is 7.96. The zero-order chi connectivity index (χ0) is 14.8. The average molecular weight is 339 g/mol. The van der Waals surface area contributed by atoms with Crippen LogP contribution in [0.25, 0.3) is 0 Å². The van der Waals surface area contributed by atoms with Crippen molar-refractivity contribution in [3.05, 3.63) is 34.3 Å². The van der Waals surface area contributed by atoms with E-state index in [1.165, 1.54) is 0 Å². The molecule has 1 fully saturated rings. The molecule has 1 aromatic rings. The number of nitrogens with zero attached hydrogens (tertiary/aromatic N) is 1. The summed E-state index contributed by atoms with van der Waals surface area (Å²) in [6, 6.07) is 8.07. The molecule has 0 spiro atoms. The maximum atomic E-state index is 12.9. The quantitative estimate of drug-likeness (QED) is 0.915. The van der Waals surface area contributed by atoms with Crippen molar-refractivity contribution < 1.29 is 4.79 Å². The van der Waals surface area contributed by atoms with Crippen molar-refractivity contribution in [1.82, 2.24) is 10.2 Å². The van der Waals surface area contributed by atoms with Crippen LogP contribution < -0.4 is 5.32 Å². The third-order valence-electron chi connectivity index (χ3n) is 4.43. The first-order valence-electron chi connectivity index (χ1n) is 7.17. The molecular formula is C16H23BrN2O. The Balaban J connectivity index is 2.14. The summed E-state index contributed by atoms with van der Waals surface area (Å²) in [5.41, 5.74) is 0.906. The van der Waals surface area contributed by atoms with E-state index >= 15 is 0 Å². The number of rotatable bonds is 4. The van der Waals surface area contributed by atoms with Crippen LogP contribution >= 0.6 is 15.9 Å². The average Bonchev–Trinajstić information content (AvgIpc) is 2.91. The molecule has 0 bridgehead atoms. The number of halogens is 1. The van der Waals surface area contributed by atoms with E-state index in [1.807, 2.05) is 30.1 Å². The predicted molar refractivity (Wildman–Crippen MR) is 85.4 cm³/mol. The van der Waals surface area contributed by atoms with Gasteiger partial charge in [-0.25, -0.2) is 0 Å². The van der Waals surface area contributed by atoms with Crippen LogP contribution in [0.1, 0.15) is 25.8 Å². The molecule has 4 heteroatoms. The van der Waals surface area contributed by atoms with E-state index in [2.05, 4.69) is 41.2 Å². The number of carbonyl (C=O) groups excluding carboxylic acids is 1. The lowest BCUT2D eigenvalue weighted by molar-refractivity contribution is -0.142. The Bertz CT molecular complexity index is 481. The second-order valence-electron chi connectivity index (χ2n) is 5.99. The molecular weight excluding hydrogens is 316 g/mol. The lowest BCUT2D eigenvalue weighted by Crippen LogP contribution is -2.46. The zero-order valence-corrected chi connectivity index (χ0v) is 14.0. The summed E-state index contributed by atoms with van der Waals surface area (Å²) >= 11 is 3.55. The molecule has 110 valence electrons. The van der Waals surface area contributed by atoms with Gasteiger partial charge in [0.25, 0.3) is 0 Å². The second-order valence-corrected chi connectivity index (χ2v) is 6.84. The molecule has 1 amide bonds. The fraction of sp³-hybridized carbons (Fsp3) is 0.562. The number of nitrogens with one attached hydrogen (secondary N) is 1. The van der Waals surface area contributed by atoms with E-state index < -0.39 is 0 Å². The smallest absolute Gasteiger partial charge is 0.230 e. The van der Waals surface area contributed by atoms with E-state index in [-0.39, 0.29) is 11.3 Å². The molecule has 0 radical (unpaired) electrons. The van der Waals surface area contributed by atoms with Crippen LogP contribution in [0.3, 0.4) is 0 Å². The lowest BCUT2D eigenvalue weighted by Gasteiger charge is -2.35. The third kappa shape index (κ3) is 2.91. The monoisotopic (exact) mass is 338 g/mol. The fourth-order valence-corrected chi connectivity index (χ4v) is 3.38. The summed E-state index contributed by atoms with van der Waals surface area (Å²) in [6.07, 6.45) is 0.934. The third-order valence-corrected chi connectivity index (χ3v) is 5.21. The van der Waals surface area contributed by atoms with Crippen molar-refractivity contribution in [2.24, 2.45) is 11.3 Å². The van der Waals surface area contributed by atoms with Crippen LogP contribution in [0.5, 0.6) is 0 Å². The highest BCUT2D eigenvalue weighted by atomic mass is 79.9. The minimum absolute atomic E-state index is 0.240. The van der Waals surface area contributed by atoms with Gasteiger partial charge in [-0.2, -0.15) is 0 Å². The van der Waals surface area contributed by atoms with Crippen LogP contribution in [0.2, 0.25) is 0 Å². The van der Waals surface area contributed by atoms with E-state index in [1.54, 1.807) is 0 Å². The van der Waals surface area contributed by atoms with Gasteiger partial charge in [-0.15, -0.1) is 0 Å². The van der Waals surface area contributed by atoms with E-state index in [4.69, 9.17) is 0 Å². The van der Waals surface area contributed by atoms with Gasteiger partial charge in [-0.1, -0.05) is 48.0 Å². The van der Waals surface area contributed by atoms with Crippen molar-refractivity contribution in [2.45, 2.75) is 26.8 Å². The predicted octanol–water partition coefficient (Wildman–Crippen LogP) is 3.04. The van der Waals surface area contributed by atoms with Crippen LogP contribution in [-0.4, -0.2) is 30.9 Å². The number of hydrogen-bond acceptors (Lipinski definition) is 2. The molecule has 0 aliphatic carbocycles. The van der Waals surface area contributed by atoms with Gasteiger partial charge in [0, 0.05) is 24.6 Å². The molecule has 0 saturated carbocycles. The minimum Gasteiger partial charge on any atom is -0.341 e. The fourth-order valence-electron chi connectivity index (χ4n) is 2.97. The van der Waals surface area contributed by atoms with Gasteiger partial charge < -0.3 is 10.2 Å². The van der Waals surface area contributed by atoms with Crippen molar-refractivity contribution in [3.8, 4) is 0 Å². The van der Waals surface area contributed by atoms with Crippen molar-refractivity contribution >= 4 is 21.8 Å². The molecule has 1 aliphatic heterocycles. The minimum atomic E-state index is -0.240.